The number of fused-ring (bicyclic) bond motifs is 2. The lowest BCUT2D eigenvalue weighted by Gasteiger charge is -2.31. The predicted octanol–water partition coefficient (Wildman–Crippen LogP) is 4.09. The van der Waals surface area contributed by atoms with E-state index in [9.17, 15) is 13.2 Å². The molecule has 2 aromatic rings. The van der Waals surface area contributed by atoms with E-state index in [-0.39, 0.29) is 11.8 Å². The summed E-state index contributed by atoms with van der Waals surface area (Å²) in [6.07, 6.45) is 8.70. The number of piperidine rings is 1. The van der Waals surface area contributed by atoms with Gasteiger partial charge in [-0.2, -0.15) is 4.31 Å². The fraction of sp³-hybridized carbons (Fsp3) is 0.480. The lowest BCUT2D eigenvalue weighted by molar-refractivity contribution is -0.120. The van der Waals surface area contributed by atoms with Crippen LogP contribution in [-0.4, -0.2) is 31.7 Å². The minimum Gasteiger partial charge on any atom is -0.326 e. The number of carbonyl (C=O) groups excluding carboxylic acids is 1. The van der Waals surface area contributed by atoms with Gasteiger partial charge < -0.3 is 5.32 Å². The Morgan fingerprint density at radius 3 is 2.45 bits per heavy atom. The summed E-state index contributed by atoms with van der Waals surface area (Å²) >= 11 is 0. The fourth-order valence-electron chi connectivity index (χ4n) is 5.35. The first kappa shape index (κ1) is 20.7. The van der Waals surface area contributed by atoms with Gasteiger partial charge in [0.1, 0.15) is 0 Å². The number of nitrogens with one attached hydrogen (secondary N) is 1. The summed E-state index contributed by atoms with van der Waals surface area (Å²) in [6, 6.07) is 11.7. The van der Waals surface area contributed by atoms with Crippen molar-refractivity contribution >= 4 is 21.6 Å². The maximum Gasteiger partial charge on any atom is 0.243 e. The van der Waals surface area contributed by atoms with Crippen LogP contribution in [0.25, 0.3) is 0 Å². The van der Waals surface area contributed by atoms with Crippen molar-refractivity contribution in [1.82, 2.24) is 4.31 Å². The number of hydrogen-bond acceptors (Lipinski definition) is 3. The van der Waals surface area contributed by atoms with E-state index in [0.717, 1.165) is 37.8 Å². The number of benzene rings is 2. The number of aryl methyl sites for hydroxylation is 3. The standard InChI is InChI=1S/C25H30N2O3S/c28-25(26-24-10-4-7-19-5-1-2-9-23(19)24)20-13-15-27(16-14-20)31(29,30)22-12-11-18-6-3-8-21(18)17-22/h4,7,10-12,17,20H,1-3,5-6,8-9,13-16H2,(H,26,28). The van der Waals surface area contributed by atoms with Gasteiger partial charge in [-0.05, 0) is 98.2 Å². The lowest BCUT2D eigenvalue weighted by atomic mass is 9.90. The van der Waals surface area contributed by atoms with Crippen molar-refractivity contribution in [3.05, 3.63) is 58.7 Å². The monoisotopic (exact) mass is 438 g/mol. The third kappa shape index (κ3) is 4.03. The van der Waals surface area contributed by atoms with E-state index < -0.39 is 10.0 Å². The first-order valence-electron chi connectivity index (χ1n) is 11.6. The van der Waals surface area contributed by atoms with Crippen molar-refractivity contribution < 1.29 is 13.2 Å². The third-order valence-corrected chi connectivity index (χ3v) is 9.08. The quantitative estimate of drug-likeness (QED) is 0.782. The molecule has 1 saturated heterocycles. The molecule has 0 aromatic heterocycles. The SMILES string of the molecule is O=C(Nc1cccc2c1CCCC2)C1CCN(S(=O)(=O)c2ccc3c(c2)CCC3)CC1. The van der Waals surface area contributed by atoms with Gasteiger partial charge >= 0.3 is 0 Å². The van der Waals surface area contributed by atoms with E-state index in [1.54, 1.807) is 10.4 Å². The van der Waals surface area contributed by atoms with Crippen LogP contribution in [0.3, 0.4) is 0 Å². The molecule has 1 amide bonds. The molecule has 0 bridgehead atoms. The summed E-state index contributed by atoms with van der Waals surface area (Å²) in [4.78, 5) is 13.3. The molecule has 1 heterocycles. The van der Waals surface area contributed by atoms with Crippen LogP contribution in [0.5, 0.6) is 0 Å². The summed E-state index contributed by atoms with van der Waals surface area (Å²) in [5.41, 5.74) is 6.01. The third-order valence-electron chi connectivity index (χ3n) is 7.19. The number of anilines is 1. The molecule has 31 heavy (non-hydrogen) atoms. The normalized spacial score (nSPS) is 19.6. The molecule has 164 valence electrons. The predicted molar refractivity (Wildman–Crippen MR) is 122 cm³/mol. The largest absolute Gasteiger partial charge is 0.326 e. The second-order valence-electron chi connectivity index (χ2n) is 9.10. The van der Waals surface area contributed by atoms with Crippen molar-refractivity contribution in [2.75, 3.05) is 18.4 Å². The van der Waals surface area contributed by atoms with Gasteiger partial charge in [-0.1, -0.05) is 18.2 Å². The van der Waals surface area contributed by atoms with Gasteiger partial charge in [0.15, 0.2) is 0 Å². The molecule has 0 spiro atoms. The van der Waals surface area contributed by atoms with Crippen LogP contribution < -0.4 is 5.32 Å². The van der Waals surface area contributed by atoms with Crippen LogP contribution in [-0.2, 0) is 40.5 Å². The molecule has 1 aliphatic heterocycles. The van der Waals surface area contributed by atoms with E-state index >= 15 is 0 Å². The second-order valence-corrected chi connectivity index (χ2v) is 11.0. The average Bonchev–Trinajstić information content (AvgIpc) is 3.27. The van der Waals surface area contributed by atoms with Crippen LogP contribution in [0, 0.1) is 5.92 Å². The van der Waals surface area contributed by atoms with E-state index in [1.807, 2.05) is 24.3 Å². The highest BCUT2D eigenvalue weighted by Gasteiger charge is 2.33. The van der Waals surface area contributed by atoms with Crippen molar-refractivity contribution in [1.29, 1.82) is 0 Å². The van der Waals surface area contributed by atoms with Gasteiger partial charge in [-0.3, -0.25) is 4.79 Å². The molecule has 6 heteroatoms. The topological polar surface area (TPSA) is 66.5 Å². The first-order valence-corrected chi connectivity index (χ1v) is 13.0. The van der Waals surface area contributed by atoms with Gasteiger partial charge in [-0.25, -0.2) is 8.42 Å². The molecule has 1 fully saturated rings. The molecule has 5 nitrogen and oxygen atoms in total. The summed E-state index contributed by atoms with van der Waals surface area (Å²) in [5.74, 6) is -0.125. The molecular formula is C25H30N2O3S. The van der Waals surface area contributed by atoms with Gasteiger partial charge in [0.05, 0.1) is 4.90 Å². The molecular weight excluding hydrogens is 408 g/mol. The number of hydrogen-bond donors (Lipinski definition) is 1. The van der Waals surface area contributed by atoms with Crippen molar-refractivity contribution in [3.8, 4) is 0 Å². The van der Waals surface area contributed by atoms with Crippen LogP contribution >= 0.6 is 0 Å². The Morgan fingerprint density at radius 1 is 0.871 bits per heavy atom. The Bertz CT molecular complexity index is 1100. The van der Waals surface area contributed by atoms with E-state index in [1.165, 1.54) is 35.1 Å². The highest BCUT2D eigenvalue weighted by molar-refractivity contribution is 7.89. The second kappa shape index (κ2) is 8.40. The average molecular weight is 439 g/mol. The fourth-order valence-corrected chi connectivity index (χ4v) is 6.87. The zero-order valence-electron chi connectivity index (χ0n) is 17.9. The molecule has 2 aliphatic carbocycles. The summed E-state index contributed by atoms with van der Waals surface area (Å²) < 4.78 is 27.8. The van der Waals surface area contributed by atoms with E-state index in [2.05, 4.69) is 11.4 Å². The van der Waals surface area contributed by atoms with Crippen LogP contribution in [0.1, 0.15) is 54.4 Å². The molecule has 0 saturated carbocycles. The summed E-state index contributed by atoms with van der Waals surface area (Å²) in [6.45, 7) is 0.787. The van der Waals surface area contributed by atoms with Gasteiger partial charge in [0.2, 0.25) is 15.9 Å². The van der Waals surface area contributed by atoms with Crippen molar-refractivity contribution in [2.45, 2.75) is 62.7 Å². The van der Waals surface area contributed by atoms with Gasteiger partial charge in [0, 0.05) is 24.7 Å². The Balaban J connectivity index is 1.24. The Kier molecular flexibility index (Phi) is 5.61. The Morgan fingerprint density at radius 2 is 1.61 bits per heavy atom. The van der Waals surface area contributed by atoms with E-state index in [4.69, 9.17) is 0 Å². The molecule has 5 rings (SSSR count). The van der Waals surface area contributed by atoms with Crippen molar-refractivity contribution in [3.63, 3.8) is 0 Å². The van der Waals surface area contributed by atoms with Gasteiger partial charge in [-0.15, -0.1) is 0 Å². The summed E-state index contributed by atoms with van der Waals surface area (Å²) in [5, 5.41) is 3.15. The number of carbonyl (C=O) groups is 1. The molecule has 1 N–H and O–H groups in total. The molecule has 2 aromatic carbocycles. The zero-order valence-corrected chi connectivity index (χ0v) is 18.7. The first-order chi connectivity index (χ1) is 15.0. The molecule has 0 unspecified atom stereocenters. The summed E-state index contributed by atoms with van der Waals surface area (Å²) in [7, 11) is -3.50. The smallest absolute Gasteiger partial charge is 0.243 e. The van der Waals surface area contributed by atoms with Crippen molar-refractivity contribution in [2.24, 2.45) is 5.92 Å². The number of rotatable bonds is 4. The number of sulfonamides is 1. The highest BCUT2D eigenvalue weighted by atomic mass is 32.2. The van der Waals surface area contributed by atoms with Crippen LogP contribution in [0.4, 0.5) is 5.69 Å². The minimum absolute atomic E-state index is 0.0218. The Labute approximate surface area is 184 Å². The van der Waals surface area contributed by atoms with E-state index in [0.29, 0.717) is 30.8 Å². The molecule has 0 radical (unpaired) electrons. The number of amides is 1. The molecule has 0 atom stereocenters. The van der Waals surface area contributed by atoms with Crippen LogP contribution in [0.15, 0.2) is 41.3 Å². The molecule has 3 aliphatic rings. The highest BCUT2D eigenvalue weighted by Crippen LogP contribution is 2.31. The number of nitrogens with zero attached hydrogens (tertiary/aromatic N) is 1. The Hall–Kier alpha value is -2.18. The maximum atomic E-state index is 13.1. The zero-order chi connectivity index (χ0) is 21.4. The maximum absolute atomic E-state index is 13.1. The van der Waals surface area contributed by atoms with Gasteiger partial charge in [0.25, 0.3) is 0 Å². The lowest BCUT2D eigenvalue weighted by Crippen LogP contribution is -2.41. The van der Waals surface area contributed by atoms with Crippen LogP contribution in [0.2, 0.25) is 0 Å². The minimum atomic E-state index is -3.50.